The quantitative estimate of drug-likeness (QED) is 0.839. The van der Waals surface area contributed by atoms with Gasteiger partial charge in [0, 0.05) is 67.9 Å². The Bertz CT molecular complexity index is 854. The number of amides is 1. The summed E-state index contributed by atoms with van der Waals surface area (Å²) in [7, 11) is 0. The number of nitrogens with one attached hydrogen (secondary N) is 1. The number of carbonyl (C=O) groups is 1. The molecule has 4 rings (SSSR count). The Morgan fingerprint density at radius 1 is 1.00 bits per heavy atom. The molecule has 0 radical (unpaired) electrons. The molecule has 1 fully saturated rings. The minimum Gasteiger partial charge on any atom is -0.371 e. The van der Waals surface area contributed by atoms with E-state index < -0.39 is 0 Å². The van der Waals surface area contributed by atoms with Gasteiger partial charge in [0.15, 0.2) is 0 Å². The van der Waals surface area contributed by atoms with E-state index in [0.717, 1.165) is 51.4 Å². The number of carbonyl (C=O) groups excluding carboxylic acids is 1. The molecular formula is C24H32N4O. The van der Waals surface area contributed by atoms with Crippen molar-refractivity contribution >= 4 is 23.0 Å². The molecular weight excluding hydrogens is 360 g/mol. The normalized spacial score (nSPS) is 17.0. The Kier molecular flexibility index (Phi) is 5.76. The van der Waals surface area contributed by atoms with Crippen molar-refractivity contribution < 1.29 is 4.79 Å². The summed E-state index contributed by atoms with van der Waals surface area (Å²) in [5.41, 5.74) is 5.37. The number of anilines is 3. The fourth-order valence-corrected chi connectivity index (χ4v) is 4.38. The maximum absolute atomic E-state index is 12.7. The van der Waals surface area contributed by atoms with E-state index in [9.17, 15) is 4.79 Å². The molecule has 2 aromatic rings. The first-order valence-corrected chi connectivity index (χ1v) is 10.8. The Morgan fingerprint density at radius 3 is 2.38 bits per heavy atom. The standard InChI is InChI=1S/C24H32N4O/c1-4-26-12-11-19-5-8-21(17-23(19)26)25-24(29)20-6-9-22(10-7-20)28-15-13-27(14-16-28)18(2)3/h5-10,17-18H,4,11-16H2,1-3H3,(H,25,29). The summed E-state index contributed by atoms with van der Waals surface area (Å²) in [5, 5.41) is 3.06. The highest BCUT2D eigenvalue weighted by molar-refractivity contribution is 6.04. The molecule has 1 saturated heterocycles. The summed E-state index contributed by atoms with van der Waals surface area (Å²) < 4.78 is 0. The molecule has 1 amide bonds. The second-order valence-corrected chi connectivity index (χ2v) is 8.29. The van der Waals surface area contributed by atoms with Crippen LogP contribution in [0.1, 0.15) is 36.7 Å². The lowest BCUT2D eigenvalue weighted by Gasteiger charge is -2.38. The maximum atomic E-state index is 12.7. The van der Waals surface area contributed by atoms with E-state index in [1.165, 1.54) is 16.9 Å². The van der Waals surface area contributed by atoms with E-state index in [0.29, 0.717) is 11.6 Å². The molecule has 0 spiro atoms. The highest BCUT2D eigenvalue weighted by Crippen LogP contribution is 2.30. The number of nitrogens with zero attached hydrogens (tertiary/aromatic N) is 3. The first-order chi connectivity index (χ1) is 14.0. The van der Waals surface area contributed by atoms with E-state index in [1.807, 2.05) is 18.2 Å². The summed E-state index contributed by atoms with van der Waals surface area (Å²) in [6, 6.07) is 14.9. The van der Waals surface area contributed by atoms with E-state index >= 15 is 0 Å². The van der Waals surface area contributed by atoms with Gasteiger partial charge in [-0.05, 0) is 69.2 Å². The van der Waals surface area contributed by atoms with Crippen LogP contribution in [0.3, 0.4) is 0 Å². The summed E-state index contributed by atoms with van der Waals surface area (Å²) >= 11 is 0. The van der Waals surface area contributed by atoms with E-state index in [-0.39, 0.29) is 5.91 Å². The predicted molar refractivity (Wildman–Crippen MR) is 121 cm³/mol. The molecule has 0 atom stereocenters. The number of likely N-dealkylation sites (N-methyl/N-ethyl adjacent to an activating group) is 1. The average Bonchev–Trinajstić information content (AvgIpc) is 3.16. The second-order valence-electron chi connectivity index (χ2n) is 8.29. The van der Waals surface area contributed by atoms with Crippen LogP contribution in [-0.2, 0) is 6.42 Å². The Morgan fingerprint density at radius 2 is 1.72 bits per heavy atom. The lowest BCUT2D eigenvalue weighted by Crippen LogP contribution is -2.48. The summed E-state index contributed by atoms with van der Waals surface area (Å²) in [5.74, 6) is -0.0535. The van der Waals surface area contributed by atoms with Crippen molar-refractivity contribution in [2.75, 3.05) is 54.4 Å². The molecule has 2 heterocycles. The van der Waals surface area contributed by atoms with Gasteiger partial charge >= 0.3 is 0 Å². The van der Waals surface area contributed by atoms with Crippen molar-refractivity contribution in [3.63, 3.8) is 0 Å². The molecule has 2 aliphatic heterocycles. The third-order valence-electron chi connectivity index (χ3n) is 6.26. The number of benzene rings is 2. The van der Waals surface area contributed by atoms with Gasteiger partial charge in [0.05, 0.1) is 0 Å². The van der Waals surface area contributed by atoms with Crippen LogP contribution in [0.4, 0.5) is 17.1 Å². The van der Waals surface area contributed by atoms with E-state index in [1.54, 1.807) is 0 Å². The van der Waals surface area contributed by atoms with Crippen molar-refractivity contribution in [2.24, 2.45) is 0 Å². The zero-order valence-electron chi connectivity index (χ0n) is 17.8. The van der Waals surface area contributed by atoms with Gasteiger partial charge in [0.25, 0.3) is 5.91 Å². The summed E-state index contributed by atoms with van der Waals surface area (Å²) in [4.78, 5) is 20.0. The van der Waals surface area contributed by atoms with Crippen LogP contribution in [0.2, 0.25) is 0 Å². The Labute approximate surface area is 174 Å². The molecule has 154 valence electrons. The van der Waals surface area contributed by atoms with Gasteiger partial charge < -0.3 is 15.1 Å². The highest BCUT2D eigenvalue weighted by atomic mass is 16.1. The largest absolute Gasteiger partial charge is 0.371 e. The smallest absolute Gasteiger partial charge is 0.255 e. The zero-order chi connectivity index (χ0) is 20.4. The number of hydrogen-bond acceptors (Lipinski definition) is 4. The minimum absolute atomic E-state index is 0.0535. The number of rotatable bonds is 5. The predicted octanol–water partition coefficient (Wildman–Crippen LogP) is 3.85. The van der Waals surface area contributed by atoms with Crippen molar-refractivity contribution in [2.45, 2.75) is 33.2 Å². The molecule has 2 aromatic carbocycles. The Hall–Kier alpha value is -2.53. The molecule has 0 saturated carbocycles. The molecule has 0 bridgehead atoms. The van der Waals surface area contributed by atoms with Gasteiger partial charge in [-0.1, -0.05) is 6.07 Å². The number of fused-ring (bicyclic) bond motifs is 1. The van der Waals surface area contributed by atoms with Gasteiger partial charge in [0.1, 0.15) is 0 Å². The first-order valence-electron chi connectivity index (χ1n) is 10.8. The zero-order valence-corrected chi connectivity index (χ0v) is 17.8. The number of piperazine rings is 1. The van der Waals surface area contributed by atoms with Crippen LogP contribution < -0.4 is 15.1 Å². The first kappa shape index (κ1) is 19.8. The monoisotopic (exact) mass is 392 g/mol. The van der Waals surface area contributed by atoms with Gasteiger partial charge in [-0.15, -0.1) is 0 Å². The Balaban J connectivity index is 1.39. The van der Waals surface area contributed by atoms with Gasteiger partial charge in [-0.25, -0.2) is 0 Å². The van der Waals surface area contributed by atoms with Crippen molar-refractivity contribution in [1.29, 1.82) is 0 Å². The third-order valence-corrected chi connectivity index (χ3v) is 6.26. The highest BCUT2D eigenvalue weighted by Gasteiger charge is 2.20. The molecule has 29 heavy (non-hydrogen) atoms. The third kappa shape index (κ3) is 4.25. The van der Waals surface area contributed by atoms with Gasteiger partial charge in [-0.2, -0.15) is 0 Å². The van der Waals surface area contributed by atoms with Crippen LogP contribution in [0, 0.1) is 0 Å². The average molecular weight is 393 g/mol. The van der Waals surface area contributed by atoms with Crippen LogP contribution in [0.5, 0.6) is 0 Å². The van der Waals surface area contributed by atoms with Gasteiger partial charge in [-0.3, -0.25) is 9.69 Å². The van der Waals surface area contributed by atoms with Crippen LogP contribution >= 0.6 is 0 Å². The van der Waals surface area contributed by atoms with E-state index in [4.69, 9.17) is 0 Å². The van der Waals surface area contributed by atoms with Crippen LogP contribution in [-0.4, -0.2) is 56.1 Å². The van der Waals surface area contributed by atoms with Crippen LogP contribution in [0.25, 0.3) is 0 Å². The van der Waals surface area contributed by atoms with Crippen molar-refractivity contribution in [1.82, 2.24) is 4.90 Å². The van der Waals surface area contributed by atoms with Crippen molar-refractivity contribution in [3.8, 4) is 0 Å². The lowest BCUT2D eigenvalue weighted by molar-refractivity contribution is 0.102. The lowest BCUT2D eigenvalue weighted by atomic mass is 10.1. The van der Waals surface area contributed by atoms with E-state index in [2.05, 4.69) is 65.1 Å². The summed E-state index contributed by atoms with van der Waals surface area (Å²) in [6.45, 7) is 13.0. The van der Waals surface area contributed by atoms with Crippen molar-refractivity contribution in [3.05, 3.63) is 53.6 Å². The van der Waals surface area contributed by atoms with Gasteiger partial charge in [0.2, 0.25) is 0 Å². The molecule has 0 aliphatic carbocycles. The maximum Gasteiger partial charge on any atom is 0.255 e. The molecule has 0 unspecified atom stereocenters. The molecule has 5 nitrogen and oxygen atoms in total. The SMILES string of the molecule is CCN1CCc2ccc(NC(=O)c3ccc(N4CCN(C(C)C)CC4)cc3)cc21. The summed E-state index contributed by atoms with van der Waals surface area (Å²) in [6.07, 6.45) is 1.09. The number of hydrogen-bond donors (Lipinski definition) is 1. The molecule has 5 heteroatoms. The molecule has 2 aliphatic rings. The topological polar surface area (TPSA) is 38.8 Å². The minimum atomic E-state index is -0.0535. The fourth-order valence-electron chi connectivity index (χ4n) is 4.38. The fraction of sp³-hybridized carbons (Fsp3) is 0.458. The molecule has 1 N–H and O–H groups in total. The molecule has 0 aromatic heterocycles. The second kappa shape index (κ2) is 8.46. The van der Waals surface area contributed by atoms with Crippen LogP contribution in [0.15, 0.2) is 42.5 Å².